The molecular formula is C24H19N3O2S2. The number of benzene rings is 2. The Morgan fingerprint density at radius 3 is 2.71 bits per heavy atom. The minimum absolute atomic E-state index is 0.335. The van der Waals surface area contributed by atoms with Gasteiger partial charge in [-0.1, -0.05) is 60.3 Å². The van der Waals surface area contributed by atoms with E-state index in [1.165, 1.54) is 5.56 Å². The van der Waals surface area contributed by atoms with Crippen LogP contribution in [-0.4, -0.2) is 14.8 Å². The van der Waals surface area contributed by atoms with Crippen LogP contribution in [0.2, 0.25) is 0 Å². The van der Waals surface area contributed by atoms with Gasteiger partial charge in [-0.25, -0.2) is 4.79 Å². The number of thioether (sulfide) groups is 1. The van der Waals surface area contributed by atoms with E-state index in [1.807, 2.05) is 54.8 Å². The van der Waals surface area contributed by atoms with E-state index in [2.05, 4.69) is 33.0 Å². The van der Waals surface area contributed by atoms with E-state index >= 15 is 0 Å². The number of thiophene rings is 1. The average Bonchev–Trinajstić information content (AvgIpc) is 3.42. The first-order chi connectivity index (χ1) is 15.2. The third kappa shape index (κ3) is 4.19. The summed E-state index contributed by atoms with van der Waals surface area (Å²) in [5, 5.41) is 12.8. The molecule has 0 spiro atoms. The SMILES string of the molecule is Cc1ccc2c(CSc3nnc(-c4cccs4)n3Cc3ccccc3)cc(=O)oc2c1. The van der Waals surface area contributed by atoms with E-state index in [0.717, 1.165) is 32.4 Å². The fraction of sp³-hybridized carbons (Fsp3) is 0.125. The molecule has 0 bridgehead atoms. The Bertz CT molecular complexity index is 1390. The summed E-state index contributed by atoms with van der Waals surface area (Å²) >= 11 is 3.23. The van der Waals surface area contributed by atoms with Gasteiger partial charge < -0.3 is 4.42 Å². The van der Waals surface area contributed by atoms with E-state index in [1.54, 1.807) is 29.2 Å². The number of nitrogens with zero attached hydrogens (tertiary/aromatic N) is 3. The second-order valence-corrected chi connectivity index (χ2v) is 9.12. The Morgan fingerprint density at radius 1 is 1.03 bits per heavy atom. The molecule has 31 heavy (non-hydrogen) atoms. The molecule has 0 radical (unpaired) electrons. The number of fused-ring (bicyclic) bond motifs is 1. The van der Waals surface area contributed by atoms with Crippen molar-refractivity contribution in [3.63, 3.8) is 0 Å². The van der Waals surface area contributed by atoms with E-state index < -0.39 is 0 Å². The highest BCUT2D eigenvalue weighted by Crippen LogP contribution is 2.31. The van der Waals surface area contributed by atoms with Gasteiger partial charge in [-0.15, -0.1) is 21.5 Å². The van der Waals surface area contributed by atoms with E-state index in [4.69, 9.17) is 4.42 Å². The molecule has 154 valence electrons. The van der Waals surface area contributed by atoms with Crippen LogP contribution in [0.5, 0.6) is 0 Å². The van der Waals surface area contributed by atoms with Gasteiger partial charge in [0.25, 0.3) is 0 Å². The van der Waals surface area contributed by atoms with E-state index in [-0.39, 0.29) is 5.63 Å². The molecule has 2 aromatic carbocycles. The molecule has 5 nitrogen and oxygen atoms in total. The van der Waals surface area contributed by atoms with Crippen molar-refractivity contribution in [1.82, 2.24) is 14.8 Å². The van der Waals surface area contributed by atoms with Crippen LogP contribution < -0.4 is 5.63 Å². The quantitative estimate of drug-likeness (QED) is 0.246. The molecule has 0 unspecified atom stereocenters. The Morgan fingerprint density at radius 2 is 1.90 bits per heavy atom. The van der Waals surface area contributed by atoms with Crippen LogP contribution in [0, 0.1) is 6.92 Å². The molecule has 5 aromatic rings. The van der Waals surface area contributed by atoms with Gasteiger partial charge in [-0.2, -0.15) is 0 Å². The van der Waals surface area contributed by atoms with Gasteiger partial charge in [-0.05, 0) is 41.1 Å². The van der Waals surface area contributed by atoms with Crippen molar-refractivity contribution in [2.24, 2.45) is 0 Å². The smallest absolute Gasteiger partial charge is 0.336 e. The van der Waals surface area contributed by atoms with Gasteiger partial charge in [0.15, 0.2) is 11.0 Å². The lowest BCUT2D eigenvalue weighted by Gasteiger charge is -2.10. The molecule has 0 fully saturated rings. The first-order valence-corrected chi connectivity index (χ1v) is 11.7. The second kappa shape index (κ2) is 8.53. The number of aromatic nitrogens is 3. The Balaban J connectivity index is 1.50. The zero-order chi connectivity index (χ0) is 21.2. The summed E-state index contributed by atoms with van der Waals surface area (Å²) in [5.41, 5.74) is 3.46. The van der Waals surface area contributed by atoms with Crippen molar-refractivity contribution in [2.45, 2.75) is 24.4 Å². The summed E-state index contributed by atoms with van der Waals surface area (Å²) in [6.07, 6.45) is 0. The molecule has 0 N–H and O–H groups in total. The average molecular weight is 446 g/mol. The maximum atomic E-state index is 12.1. The first-order valence-electron chi connectivity index (χ1n) is 9.84. The maximum Gasteiger partial charge on any atom is 0.336 e. The van der Waals surface area contributed by atoms with Gasteiger partial charge in [-0.3, -0.25) is 4.57 Å². The Labute approximate surface area is 187 Å². The standard InChI is InChI=1S/C24H19N3O2S2/c1-16-9-10-19-18(13-22(28)29-20(19)12-16)15-31-24-26-25-23(21-8-5-11-30-21)27(24)14-17-6-3-2-4-7-17/h2-13H,14-15H2,1H3. The summed E-state index contributed by atoms with van der Waals surface area (Å²) in [7, 11) is 0. The highest BCUT2D eigenvalue weighted by molar-refractivity contribution is 7.98. The molecule has 0 saturated heterocycles. The van der Waals surface area contributed by atoms with Crippen LogP contribution in [-0.2, 0) is 12.3 Å². The van der Waals surface area contributed by atoms with Crippen LogP contribution in [0.25, 0.3) is 21.7 Å². The summed E-state index contributed by atoms with van der Waals surface area (Å²) in [5.74, 6) is 1.46. The predicted molar refractivity (Wildman–Crippen MR) is 126 cm³/mol. The van der Waals surface area contributed by atoms with Crippen LogP contribution in [0.3, 0.4) is 0 Å². The minimum Gasteiger partial charge on any atom is -0.423 e. The number of aryl methyl sites for hydroxylation is 1. The molecule has 0 aliphatic heterocycles. The second-order valence-electron chi connectivity index (χ2n) is 7.23. The first kappa shape index (κ1) is 19.8. The maximum absolute atomic E-state index is 12.1. The van der Waals surface area contributed by atoms with E-state index in [0.29, 0.717) is 17.9 Å². The molecule has 3 aromatic heterocycles. The molecule has 3 heterocycles. The molecule has 0 saturated carbocycles. The number of rotatable bonds is 6. The molecule has 5 rings (SSSR count). The summed E-state index contributed by atoms with van der Waals surface area (Å²) < 4.78 is 7.54. The van der Waals surface area contributed by atoms with Crippen molar-refractivity contribution >= 4 is 34.1 Å². The fourth-order valence-corrected chi connectivity index (χ4v) is 5.14. The molecule has 0 amide bonds. The molecule has 0 aliphatic carbocycles. The Kier molecular flexibility index (Phi) is 5.44. The summed E-state index contributed by atoms with van der Waals surface area (Å²) in [4.78, 5) is 13.2. The molecule has 0 atom stereocenters. The zero-order valence-electron chi connectivity index (χ0n) is 16.8. The largest absolute Gasteiger partial charge is 0.423 e. The van der Waals surface area contributed by atoms with Crippen LogP contribution in [0.4, 0.5) is 0 Å². The monoisotopic (exact) mass is 445 g/mol. The third-order valence-electron chi connectivity index (χ3n) is 4.98. The number of hydrogen-bond donors (Lipinski definition) is 0. The van der Waals surface area contributed by atoms with Crippen molar-refractivity contribution < 1.29 is 4.42 Å². The molecular weight excluding hydrogens is 426 g/mol. The summed E-state index contributed by atoms with van der Waals surface area (Å²) in [6.45, 7) is 2.67. The van der Waals surface area contributed by atoms with Crippen LogP contribution in [0.15, 0.2) is 86.5 Å². The highest BCUT2D eigenvalue weighted by atomic mass is 32.2. The van der Waals surface area contributed by atoms with E-state index in [9.17, 15) is 4.79 Å². The van der Waals surface area contributed by atoms with Crippen molar-refractivity contribution in [3.05, 3.63) is 99.2 Å². The lowest BCUT2D eigenvalue weighted by Crippen LogP contribution is -2.04. The Hall–Kier alpha value is -3.16. The van der Waals surface area contributed by atoms with Gasteiger partial charge in [0, 0.05) is 17.2 Å². The zero-order valence-corrected chi connectivity index (χ0v) is 18.5. The van der Waals surface area contributed by atoms with Gasteiger partial charge in [0.2, 0.25) is 0 Å². The molecule has 0 aliphatic rings. The lowest BCUT2D eigenvalue weighted by molar-refractivity contribution is 0.559. The van der Waals surface area contributed by atoms with Crippen molar-refractivity contribution in [2.75, 3.05) is 0 Å². The normalized spacial score (nSPS) is 11.3. The van der Waals surface area contributed by atoms with Gasteiger partial charge in [0.1, 0.15) is 5.58 Å². The van der Waals surface area contributed by atoms with Gasteiger partial charge >= 0.3 is 5.63 Å². The highest BCUT2D eigenvalue weighted by Gasteiger charge is 2.16. The topological polar surface area (TPSA) is 60.9 Å². The van der Waals surface area contributed by atoms with Crippen molar-refractivity contribution in [3.8, 4) is 10.7 Å². The van der Waals surface area contributed by atoms with Crippen molar-refractivity contribution in [1.29, 1.82) is 0 Å². The number of hydrogen-bond acceptors (Lipinski definition) is 6. The predicted octanol–water partition coefficient (Wildman–Crippen LogP) is 5.76. The minimum atomic E-state index is -0.335. The third-order valence-corrected chi connectivity index (χ3v) is 6.87. The fourth-order valence-electron chi connectivity index (χ4n) is 3.49. The lowest BCUT2D eigenvalue weighted by atomic mass is 10.1. The van der Waals surface area contributed by atoms with Crippen LogP contribution >= 0.6 is 23.1 Å². The van der Waals surface area contributed by atoms with Gasteiger partial charge in [0.05, 0.1) is 11.4 Å². The van der Waals surface area contributed by atoms with Crippen LogP contribution in [0.1, 0.15) is 16.7 Å². The molecule has 7 heteroatoms. The summed E-state index contributed by atoms with van der Waals surface area (Å²) in [6, 6.07) is 21.9.